The topological polar surface area (TPSA) is 145 Å². The molecule has 0 radical (unpaired) electrons. The highest BCUT2D eigenvalue weighted by Crippen LogP contribution is 2.52. The van der Waals surface area contributed by atoms with E-state index in [2.05, 4.69) is 16.0 Å². The molecule has 2 aliphatic rings. The van der Waals surface area contributed by atoms with Gasteiger partial charge in [-0.05, 0) is 53.6 Å². The van der Waals surface area contributed by atoms with E-state index >= 15 is 0 Å². The van der Waals surface area contributed by atoms with E-state index in [9.17, 15) is 29.4 Å². The van der Waals surface area contributed by atoms with Gasteiger partial charge in [0.05, 0.1) is 8.16 Å². The van der Waals surface area contributed by atoms with Gasteiger partial charge in [0.2, 0.25) is 11.8 Å². The van der Waals surface area contributed by atoms with E-state index in [-0.39, 0.29) is 20.0 Å². The van der Waals surface area contributed by atoms with Crippen LogP contribution in [-0.2, 0) is 19.2 Å². The number of hydrogen-bond acceptors (Lipinski definition) is 9. The maximum atomic E-state index is 12.4. The molecule has 2 saturated heterocycles. The Bertz CT molecular complexity index is 691. The SMILES string of the molecule is CC1(C)SC(C(=O)O)C(C(=O)NCCCNCCCNC(=O)C2SC(C)(C)SC2C(=O)O)S1. The normalized spacial score (nSPS) is 27.8. The first-order valence-corrected chi connectivity index (χ1v) is 14.3. The van der Waals surface area contributed by atoms with Crippen LogP contribution in [0.2, 0.25) is 0 Å². The first-order valence-electron chi connectivity index (χ1n) is 10.8. The number of carbonyl (C=O) groups is 4. The Hall–Kier alpha value is -0.760. The second-order valence-electron chi connectivity index (χ2n) is 8.67. The van der Waals surface area contributed by atoms with Gasteiger partial charge in [-0.2, -0.15) is 0 Å². The summed E-state index contributed by atoms with van der Waals surface area (Å²) < 4.78 is -0.607. The summed E-state index contributed by atoms with van der Waals surface area (Å²) in [5.74, 6) is -2.39. The van der Waals surface area contributed by atoms with E-state index in [0.717, 1.165) is 0 Å². The number of nitrogens with one attached hydrogen (secondary N) is 3. The van der Waals surface area contributed by atoms with Crippen molar-refractivity contribution in [2.24, 2.45) is 0 Å². The van der Waals surface area contributed by atoms with Crippen LogP contribution in [0.3, 0.4) is 0 Å². The highest BCUT2D eigenvalue weighted by Gasteiger charge is 2.49. The first-order chi connectivity index (χ1) is 15.3. The third-order valence-electron chi connectivity index (χ3n) is 4.86. The molecule has 0 bridgehead atoms. The second kappa shape index (κ2) is 12.3. The van der Waals surface area contributed by atoms with Gasteiger partial charge in [0.1, 0.15) is 21.0 Å². The molecule has 0 aromatic rings. The van der Waals surface area contributed by atoms with E-state index in [1.54, 1.807) is 0 Å². The third kappa shape index (κ3) is 8.75. The quantitative estimate of drug-likeness (QED) is 0.231. The summed E-state index contributed by atoms with van der Waals surface area (Å²) in [7, 11) is 0. The van der Waals surface area contributed by atoms with E-state index in [1.165, 1.54) is 47.0 Å². The largest absolute Gasteiger partial charge is 0.480 e. The average Bonchev–Trinajstić information content (AvgIpc) is 3.22. The van der Waals surface area contributed by atoms with Gasteiger partial charge in [0.25, 0.3) is 0 Å². The minimum atomic E-state index is -0.959. The fraction of sp³-hybridized carbons (Fsp3) is 0.800. The molecule has 0 aromatic heterocycles. The van der Waals surface area contributed by atoms with Crippen molar-refractivity contribution >= 4 is 70.8 Å². The van der Waals surface area contributed by atoms with Crippen molar-refractivity contribution in [1.29, 1.82) is 0 Å². The zero-order valence-corrected chi connectivity index (χ0v) is 22.5. The number of thioether (sulfide) groups is 4. The van der Waals surface area contributed by atoms with Gasteiger partial charge in [-0.25, -0.2) is 0 Å². The minimum absolute atomic E-state index is 0.237. The molecule has 2 rings (SSSR count). The molecule has 9 nitrogen and oxygen atoms in total. The number of carboxylic acids is 2. The second-order valence-corrected chi connectivity index (χ2v) is 16.2. The van der Waals surface area contributed by atoms with Crippen LogP contribution >= 0.6 is 47.0 Å². The molecule has 0 aliphatic carbocycles. The van der Waals surface area contributed by atoms with Crippen molar-refractivity contribution in [1.82, 2.24) is 16.0 Å². The molecule has 2 aliphatic heterocycles. The van der Waals surface area contributed by atoms with Gasteiger partial charge in [-0.3, -0.25) is 19.2 Å². The summed E-state index contributed by atoms with van der Waals surface area (Å²) in [5.41, 5.74) is 0. The van der Waals surface area contributed by atoms with E-state index in [1.807, 2.05) is 27.7 Å². The third-order valence-corrected chi connectivity index (χ3v) is 11.6. The van der Waals surface area contributed by atoms with Crippen molar-refractivity contribution in [3.05, 3.63) is 0 Å². The maximum absolute atomic E-state index is 12.4. The van der Waals surface area contributed by atoms with Crippen LogP contribution < -0.4 is 16.0 Å². The molecule has 4 atom stereocenters. The van der Waals surface area contributed by atoms with Crippen molar-refractivity contribution in [2.45, 2.75) is 69.7 Å². The Morgan fingerprint density at radius 2 is 0.970 bits per heavy atom. The lowest BCUT2D eigenvalue weighted by Crippen LogP contribution is -2.41. The Morgan fingerprint density at radius 3 is 1.30 bits per heavy atom. The molecule has 5 N–H and O–H groups in total. The number of carbonyl (C=O) groups excluding carboxylic acids is 2. The van der Waals surface area contributed by atoms with Crippen molar-refractivity contribution < 1.29 is 29.4 Å². The molecular formula is C20H33N3O6S4. The first kappa shape index (κ1) is 28.5. The van der Waals surface area contributed by atoms with Crippen molar-refractivity contribution in [2.75, 3.05) is 26.2 Å². The average molecular weight is 540 g/mol. The Labute approximate surface area is 211 Å². The molecule has 33 heavy (non-hydrogen) atoms. The lowest BCUT2D eigenvalue weighted by atomic mass is 10.2. The highest BCUT2D eigenvalue weighted by molar-refractivity contribution is 8.23. The van der Waals surface area contributed by atoms with E-state index in [0.29, 0.717) is 39.0 Å². The Balaban J connectivity index is 1.56. The predicted molar refractivity (Wildman–Crippen MR) is 137 cm³/mol. The summed E-state index contributed by atoms with van der Waals surface area (Å²) >= 11 is 5.39. The molecule has 2 heterocycles. The molecule has 188 valence electrons. The smallest absolute Gasteiger partial charge is 0.318 e. The lowest BCUT2D eigenvalue weighted by molar-refractivity contribution is -0.138. The molecule has 2 fully saturated rings. The highest BCUT2D eigenvalue weighted by atomic mass is 32.2. The fourth-order valence-corrected chi connectivity index (χ4v) is 9.80. The summed E-state index contributed by atoms with van der Waals surface area (Å²) in [4.78, 5) is 47.6. The number of carboxylic acid groups (broad SMARTS) is 2. The van der Waals surface area contributed by atoms with Gasteiger partial charge < -0.3 is 26.2 Å². The molecule has 4 unspecified atom stereocenters. The fourth-order valence-electron chi connectivity index (χ4n) is 3.44. The van der Waals surface area contributed by atoms with Crippen LogP contribution in [-0.4, -0.2) is 89.3 Å². The number of rotatable bonds is 12. The number of amides is 2. The van der Waals surface area contributed by atoms with Gasteiger partial charge >= 0.3 is 11.9 Å². The molecule has 13 heteroatoms. The summed E-state index contributed by atoms with van der Waals surface area (Å²) in [6.45, 7) is 9.98. The van der Waals surface area contributed by atoms with Crippen LogP contribution in [0.1, 0.15) is 40.5 Å². The van der Waals surface area contributed by atoms with E-state index < -0.39 is 32.9 Å². The van der Waals surface area contributed by atoms with Crippen LogP contribution in [0, 0.1) is 0 Å². The number of hydrogen-bond donors (Lipinski definition) is 5. The maximum Gasteiger partial charge on any atom is 0.318 e. The zero-order valence-electron chi connectivity index (χ0n) is 19.2. The van der Waals surface area contributed by atoms with Gasteiger partial charge in [0.15, 0.2) is 0 Å². The summed E-state index contributed by atoms with van der Waals surface area (Å²) in [6, 6.07) is 0. The van der Waals surface area contributed by atoms with Crippen LogP contribution in [0.4, 0.5) is 0 Å². The van der Waals surface area contributed by atoms with Crippen molar-refractivity contribution in [3.8, 4) is 0 Å². The molecule has 0 aromatic carbocycles. The molecule has 2 amide bonds. The standard InChI is InChI=1S/C20H33N3O6S4/c1-19(2)30-11(13(32-19)17(26)27)15(24)22-9-5-7-21-8-6-10-23-16(25)12-14(18(28)29)33-20(3,4)31-12/h11-14,21H,5-10H2,1-4H3,(H,22,24)(H,23,25)(H,26,27)(H,28,29). The lowest BCUT2D eigenvalue weighted by Gasteiger charge is -2.16. The zero-order chi connectivity index (χ0) is 24.8. The van der Waals surface area contributed by atoms with Gasteiger partial charge in [0, 0.05) is 13.1 Å². The van der Waals surface area contributed by atoms with Gasteiger partial charge in [-0.1, -0.05) is 0 Å². The van der Waals surface area contributed by atoms with Crippen LogP contribution in [0.5, 0.6) is 0 Å². The minimum Gasteiger partial charge on any atom is -0.480 e. The Morgan fingerprint density at radius 1 is 0.636 bits per heavy atom. The van der Waals surface area contributed by atoms with E-state index in [4.69, 9.17) is 0 Å². The van der Waals surface area contributed by atoms with Crippen molar-refractivity contribution in [3.63, 3.8) is 0 Å². The predicted octanol–water partition coefficient (Wildman–Crippen LogP) is 1.66. The van der Waals surface area contributed by atoms with Crippen LogP contribution in [0.25, 0.3) is 0 Å². The number of aliphatic carboxylic acids is 2. The van der Waals surface area contributed by atoms with Crippen LogP contribution in [0.15, 0.2) is 0 Å². The summed E-state index contributed by atoms with van der Waals surface area (Å²) in [6.07, 6.45) is 1.41. The van der Waals surface area contributed by atoms with Gasteiger partial charge in [-0.15, -0.1) is 47.0 Å². The molecule has 0 saturated carbocycles. The summed E-state index contributed by atoms with van der Waals surface area (Å²) in [5, 5.41) is 24.9. The Kier molecular flexibility index (Phi) is 10.6. The molecule has 0 spiro atoms. The monoisotopic (exact) mass is 539 g/mol. The molecular weight excluding hydrogens is 507 g/mol.